The number of nitrogens with one attached hydrogen (secondary N) is 5. The number of amides is 3. The Morgan fingerprint density at radius 3 is 2.26 bits per heavy atom. The van der Waals surface area contributed by atoms with Crippen molar-refractivity contribution >= 4 is 76.5 Å². The lowest BCUT2D eigenvalue weighted by atomic mass is 9.95. The van der Waals surface area contributed by atoms with E-state index < -0.39 is 41.3 Å². The van der Waals surface area contributed by atoms with Crippen LogP contribution in [0, 0.1) is 11.8 Å². The number of nitrogens with two attached hydrogens (primary N) is 3. The molecule has 0 fully saturated rings. The van der Waals surface area contributed by atoms with Crippen molar-refractivity contribution in [3.63, 3.8) is 0 Å². The van der Waals surface area contributed by atoms with Crippen molar-refractivity contribution in [3.8, 4) is 0 Å². The standard InChI is InChI=1S/C38H54N12O7S/c1-21(34(55)48-28(8-5-15-43-37(39)40)30(53)18-22(2)33(54)46-23(3)29(52)9-6-16-58)17-27(51)7-4-14-42-35(56)24-10-12-25(13-11-24)44-19-26-20-45-32-31(47-26)36(57)50-38(41)49-32/h10-13,20-23,28,44,58H,4-9,14-19H2,1-3H3,(H,42,56)(H,46,54)(H,48,55)(H4,39,40,43)(H3,41,45,49,50,57)/t21-,22+,23+,28+/m1/s1. The van der Waals surface area contributed by atoms with Gasteiger partial charge in [0.2, 0.25) is 17.8 Å². The zero-order valence-corrected chi connectivity index (χ0v) is 33.9. The Bertz CT molecular complexity index is 2000. The Labute approximate surface area is 341 Å². The van der Waals surface area contributed by atoms with Gasteiger partial charge in [-0.1, -0.05) is 13.8 Å². The van der Waals surface area contributed by atoms with Crippen molar-refractivity contribution < 1.29 is 28.8 Å². The summed E-state index contributed by atoms with van der Waals surface area (Å²) in [4.78, 5) is 108. The van der Waals surface area contributed by atoms with Gasteiger partial charge in [0.15, 0.2) is 28.7 Å². The highest BCUT2D eigenvalue weighted by Crippen LogP contribution is 2.14. The van der Waals surface area contributed by atoms with Crippen LogP contribution >= 0.6 is 12.6 Å². The molecule has 0 spiro atoms. The maximum Gasteiger partial charge on any atom is 0.280 e. The molecule has 0 saturated carbocycles. The number of aromatic nitrogens is 4. The summed E-state index contributed by atoms with van der Waals surface area (Å²) in [6.45, 7) is 5.45. The third-order valence-corrected chi connectivity index (χ3v) is 9.35. The number of rotatable bonds is 25. The van der Waals surface area contributed by atoms with Crippen LogP contribution < -0.4 is 44.0 Å². The number of thiol groups is 1. The van der Waals surface area contributed by atoms with Gasteiger partial charge in [0.05, 0.1) is 30.5 Å². The first kappa shape index (κ1) is 46.5. The van der Waals surface area contributed by atoms with Crippen LogP contribution in [-0.2, 0) is 30.5 Å². The summed E-state index contributed by atoms with van der Waals surface area (Å²) in [5.41, 5.74) is 17.7. The fourth-order valence-electron chi connectivity index (χ4n) is 5.69. The first-order valence-electron chi connectivity index (χ1n) is 19.1. The number of H-pyrrole nitrogens is 1. The van der Waals surface area contributed by atoms with Gasteiger partial charge in [-0.05, 0) is 62.6 Å². The molecule has 3 rings (SSSR count). The van der Waals surface area contributed by atoms with Gasteiger partial charge < -0.3 is 38.5 Å². The lowest BCUT2D eigenvalue weighted by Gasteiger charge is -2.22. The number of Topliss-reactive ketones (excluding diaryl/α,β-unsaturated/α-hetero) is 3. The van der Waals surface area contributed by atoms with Crippen molar-refractivity contribution in [3.05, 3.63) is 52.1 Å². The molecule has 0 aliphatic carbocycles. The number of hydrogen-bond donors (Lipinski definition) is 9. The summed E-state index contributed by atoms with van der Waals surface area (Å²) >= 11 is 4.10. The molecule has 11 N–H and O–H groups in total. The molecule has 2 heterocycles. The van der Waals surface area contributed by atoms with E-state index in [1.54, 1.807) is 45.0 Å². The van der Waals surface area contributed by atoms with Crippen LogP contribution in [0.15, 0.2) is 40.2 Å². The zero-order valence-electron chi connectivity index (χ0n) is 33.0. The first-order valence-corrected chi connectivity index (χ1v) is 19.7. The lowest BCUT2D eigenvalue weighted by molar-refractivity contribution is -0.134. The maximum atomic E-state index is 13.3. The van der Waals surface area contributed by atoms with E-state index in [0.717, 1.165) is 0 Å². The highest BCUT2D eigenvalue weighted by Gasteiger charge is 2.28. The molecule has 58 heavy (non-hydrogen) atoms. The number of fused-ring (bicyclic) bond motifs is 1. The Morgan fingerprint density at radius 2 is 1.57 bits per heavy atom. The minimum atomic E-state index is -0.951. The molecular weight excluding hydrogens is 769 g/mol. The van der Waals surface area contributed by atoms with Crippen molar-refractivity contribution in [2.75, 3.05) is 29.9 Å². The predicted octanol–water partition coefficient (Wildman–Crippen LogP) is 0.930. The molecule has 3 aromatic rings. The molecule has 0 saturated heterocycles. The summed E-state index contributed by atoms with van der Waals surface area (Å²) in [6, 6.07) is 5.04. The van der Waals surface area contributed by atoms with Crippen LogP contribution in [0.5, 0.6) is 0 Å². The molecule has 4 atom stereocenters. The molecule has 0 aliphatic rings. The number of guanidine groups is 1. The van der Waals surface area contributed by atoms with Gasteiger partial charge in [0.25, 0.3) is 11.5 Å². The Kier molecular flexibility index (Phi) is 18.7. The lowest BCUT2D eigenvalue weighted by Crippen LogP contribution is -2.46. The van der Waals surface area contributed by atoms with E-state index in [0.29, 0.717) is 42.0 Å². The summed E-state index contributed by atoms with van der Waals surface area (Å²) in [5.74, 6) is -3.10. The first-order chi connectivity index (χ1) is 27.6. The van der Waals surface area contributed by atoms with Gasteiger partial charge in [-0.25, -0.2) is 9.97 Å². The highest BCUT2D eigenvalue weighted by atomic mass is 32.1. The number of anilines is 2. The molecule has 0 aliphatic heterocycles. The maximum absolute atomic E-state index is 13.3. The Balaban J connectivity index is 1.43. The quantitative estimate of drug-likeness (QED) is 0.0249. The smallest absolute Gasteiger partial charge is 0.280 e. The van der Waals surface area contributed by atoms with E-state index >= 15 is 0 Å². The number of carbonyl (C=O) groups excluding carboxylic acids is 6. The Hall–Kier alpha value is -5.92. The van der Waals surface area contributed by atoms with E-state index in [1.165, 1.54) is 6.20 Å². The van der Waals surface area contributed by atoms with Gasteiger partial charge in [0, 0.05) is 61.9 Å². The summed E-state index contributed by atoms with van der Waals surface area (Å²) in [6.07, 6.45) is 3.13. The SMILES string of the molecule is C[C@H](CC(=O)CCCNC(=O)c1ccc(NCc2cnc3nc(N)[nH]c(=O)c3n2)cc1)C(=O)N[C@@H](CCCN=C(N)N)C(=O)C[C@H](C)C(=O)N[C@@H](C)C(=O)CCCS. The molecule has 3 amide bonds. The van der Waals surface area contributed by atoms with E-state index in [1.807, 2.05) is 0 Å². The van der Waals surface area contributed by atoms with Crippen LogP contribution in [0.25, 0.3) is 11.2 Å². The number of nitrogen functional groups attached to an aromatic ring is 1. The van der Waals surface area contributed by atoms with Gasteiger partial charge in [-0.2, -0.15) is 17.6 Å². The molecule has 0 bridgehead atoms. The fourth-order valence-corrected chi connectivity index (χ4v) is 5.85. The number of hydrogen-bond acceptors (Lipinski definition) is 14. The minimum absolute atomic E-state index is 0.0484. The monoisotopic (exact) mass is 822 g/mol. The van der Waals surface area contributed by atoms with Crippen molar-refractivity contribution in [2.24, 2.45) is 28.3 Å². The number of aliphatic imine (C=N–C) groups is 1. The average Bonchev–Trinajstić information content (AvgIpc) is 3.18. The molecular formula is C38H54N12O7S. The number of nitrogens with zero attached hydrogens (tertiary/aromatic N) is 4. The molecule has 2 aromatic heterocycles. The average molecular weight is 823 g/mol. The molecule has 0 unspecified atom stereocenters. The molecule has 0 radical (unpaired) electrons. The number of benzene rings is 1. The van der Waals surface area contributed by atoms with E-state index in [4.69, 9.17) is 17.2 Å². The highest BCUT2D eigenvalue weighted by molar-refractivity contribution is 7.80. The predicted molar refractivity (Wildman–Crippen MR) is 223 cm³/mol. The van der Waals surface area contributed by atoms with E-state index in [-0.39, 0.29) is 98.1 Å². The van der Waals surface area contributed by atoms with Gasteiger partial charge in [-0.15, -0.1) is 0 Å². The van der Waals surface area contributed by atoms with Gasteiger partial charge in [-0.3, -0.25) is 43.5 Å². The summed E-state index contributed by atoms with van der Waals surface area (Å²) in [7, 11) is 0. The molecule has 20 heteroatoms. The number of ketones is 3. The largest absolute Gasteiger partial charge is 0.379 e. The van der Waals surface area contributed by atoms with Crippen LogP contribution in [0.4, 0.5) is 11.6 Å². The second kappa shape index (κ2) is 23.3. The second-order valence-corrected chi connectivity index (χ2v) is 14.5. The van der Waals surface area contributed by atoms with E-state index in [2.05, 4.69) is 58.8 Å². The van der Waals surface area contributed by atoms with Crippen LogP contribution in [-0.4, -0.2) is 91.9 Å². The Morgan fingerprint density at radius 1 is 0.879 bits per heavy atom. The summed E-state index contributed by atoms with van der Waals surface area (Å²) < 4.78 is 0. The topological polar surface area (TPSA) is 312 Å². The fraction of sp³-hybridized carbons (Fsp3) is 0.500. The molecule has 19 nitrogen and oxygen atoms in total. The van der Waals surface area contributed by atoms with E-state index in [9.17, 15) is 33.6 Å². The van der Waals surface area contributed by atoms with Crippen molar-refractivity contribution in [2.45, 2.75) is 90.8 Å². The third kappa shape index (κ3) is 15.5. The number of carbonyl (C=O) groups is 6. The van der Waals surface area contributed by atoms with Gasteiger partial charge in [0.1, 0.15) is 5.78 Å². The molecule has 1 aromatic carbocycles. The van der Waals surface area contributed by atoms with Crippen LogP contribution in [0.1, 0.15) is 88.2 Å². The van der Waals surface area contributed by atoms with Gasteiger partial charge >= 0.3 is 0 Å². The minimum Gasteiger partial charge on any atom is -0.379 e. The van der Waals surface area contributed by atoms with Crippen molar-refractivity contribution in [1.29, 1.82) is 0 Å². The summed E-state index contributed by atoms with van der Waals surface area (Å²) in [5, 5.41) is 11.3. The normalized spacial score (nSPS) is 13.0. The third-order valence-electron chi connectivity index (χ3n) is 9.03. The molecule has 314 valence electrons. The van der Waals surface area contributed by atoms with Crippen LogP contribution in [0.3, 0.4) is 0 Å². The number of aromatic amines is 1. The van der Waals surface area contributed by atoms with Crippen molar-refractivity contribution in [1.82, 2.24) is 35.9 Å². The zero-order chi connectivity index (χ0) is 42.8. The van der Waals surface area contributed by atoms with Crippen LogP contribution in [0.2, 0.25) is 0 Å². The second-order valence-electron chi connectivity index (χ2n) is 14.0.